The van der Waals surface area contributed by atoms with Crippen molar-refractivity contribution in [1.29, 1.82) is 0 Å². The van der Waals surface area contributed by atoms with Gasteiger partial charge < -0.3 is 0 Å². The van der Waals surface area contributed by atoms with Crippen LogP contribution in [0.3, 0.4) is 0 Å². The Morgan fingerprint density at radius 3 is 2.44 bits per heavy atom. The van der Waals surface area contributed by atoms with Gasteiger partial charge in [0.15, 0.2) is 5.15 Å². The molecule has 0 N–H and O–H groups in total. The Hall–Kier alpha value is -2.98. The van der Waals surface area contributed by atoms with Crippen molar-refractivity contribution in [3.05, 3.63) is 83.1 Å². The van der Waals surface area contributed by atoms with Gasteiger partial charge in [0.2, 0.25) is 0 Å². The number of fused-ring (bicyclic) bond motifs is 1. The van der Waals surface area contributed by atoms with Crippen LogP contribution >= 0.6 is 11.6 Å². The number of carbonyl (C=O) groups excluding carboxylic acids is 1. The SMILES string of the molecule is Cc1ccc(C(=O)n2cc(-c3ccc(Cl)nn3)c3ccccc32)cc1. The largest absolute Gasteiger partial charge is 0.282 e. The average molecular weight is 348 g/mol. The number of halogens is 1. The molecule has 0 spiro atoms. The number of aryl methyl sites for hydroxylation is 1. The number of hydrogen-bond acceptors (Lipinski definition) is 3. The lowest BCUT2D eigenvalue weighted by Gasteiger charge is -2.04. The molecular weight excluding hydrogens is 334 g/mol. The first-order chi connectivity index (χ1) is 12.1. The zero-order valence-corrected chi connectivity index (χ0v) is 14.2. The van der Waals surface area contributed by atoms with Gasteiger partial charge in [-0.2, -0.15) is 0 Å². The lowest BCUT2D eigenvalue weighted by molar-refractivity contribution is 0.0965. The fourth-order valence-electron chi connectivity index (χ4n) is 2.85. The Bertz CT molecular complexity index is 1070. The second kappa shape index (κ2) is 6.15. The van der Waals surface area contributed by atoms with Crippen molar-refractivity contribution in [2.75, 3.05) is 0 Å². The molecule has 25 heavy (non-hydrogen) atoms. The molecule has 0 fully saturated rings. The fourth-order valence-corrected chi connectivity index (χ4v) is 2.95. The first kappa shape index (κ1) is 15.5. The summed E-state index contributed by atoms with van der Waals surface area (Å²) in [4.78, 5) is 13.0. The van der Waals surface area contributed by atoms with Crippen molar-refractivity contribution in [2.45, 2.75) is 6.92 Å². The second-order valence-electron chi connectivity index (χ2n) is 5.84. The number of para-hydroxylation sites is 1. The third-order valence-corrected chi connectivity index (χ3v) is 4.34. The molecule has 2 heterocycles. The van der Waals surface area contributed by atoms with E-state index >= 15 is 0 Å². The predicted molar refractivity (Wildman–Crippen MR) is 98.9 cm³/mol. The standard InChI is InChI=1S/C20H14ClN3O/c1-13-6-8-14(9-7-13)20(25)24-12-16(15-4-2-3-5-18(15)24)17-10-11-19(21)23-22-17/h2-12H,1H3. The van der Waals surface area contributed by atoms with Crippen LogP contribution in [0, 0.1) is 6.92 Å². The third kappa shape index (κ3) is 2.81. The predicted octanol–water partition coefficient (Wildman–Crippen LogP) is 4.75. The van der Waals surface area contributed by atoms with Gasteiger partial charge in [-0.15, -0.1) is 10.2 Å². The number of benzene rings is 2. The van der Waals surface area contributed by atoms with Crippen LogP contribution in [0.2, 0.25) is 5.15 Å². The smallest absolute Gasteiger partial charge is 0.262 e. The van der Waals surface area contributed by atoms with Crippen molar-refractivity contribution >= 4 is 28.4 Å². The van der Waals surface area contributed by atoms with Crippen LogP contribution in [0.25, 0.3) is 22.2 Å². The molecule has 0 bridgehead atoms. The van der Waals surface area contributed by atoms with Crippen LogP contribution < -0.4 is 0 Å². The lowest BCUT2D eigenvalue weighted by Crippen LogP contribution is -2.10. The van der Waals surface area contributed by atoms with Crippen LogP contribution in [0.15, 0.2) is 66.9 Å². The Balaban J connectivity index is 1.89. The Morgan fingerprint density at radius 1 is 0.960 bits per heavy atom. The molecule has 4 nitrogen and oxygen atoms in total. The Kier molecular flexibility index (Phi) is 3.82. The van der Waals surface area contributed by atoms with E-state index in [2.05, 4.69) is 10.2 Å². The van der Waals surface area contributed by atoms with Crippen LogP contribution in [-0.2, 0) is 0 Å². The summed E-state index contributed by atoms with van der Waals surface area (Å²) in [6, 6.07) is 18.8. The summed E-state index contributed by atoms with van der Waals surface area (Å²) < 4.78 is 1.66. The maximum absolute atomic E-state index is 13.0. The highest BCUT2D eigenvalue weighted by Crippen LogP contribution is 2.30. The van der Waals surface area contributed by atoms with E-state index in [1.54, 1.807) is 16.7 Å². The molecule has 4 rings (SSSR count). The van der Waals surface area contributed by atoms with Crippen LogP contribution in [0.5, 0.6) is 0 Å². The topological polar surface area (TPSA) is 47.8 Å². The van der Waals surface area contributed by atoms with Crippen molar-refractivity contribution < 1.29 is 4.79 Å². The summed E-state index contributed by atoms with van der Waals surface area (Å²) >= 11 is 5.83. The third-order valence-electron chi connectivity index (χ3n) is 4.14. The number of nitrogens with zero attached hydrogens (tertiary/aromatic N) is 3. The van der Waals surface area contributed by atoms with E-state index in [0.29, 0.717) is 16.4 Å². The molecule has 0 aliphatic carbocycles. The van der Waals surface area contributed by atoms with Crippen molar-refractivity contribution in [2.24, 2.45) is 0 Å². The van der Waals surface area contributed by atoms with Gasteiger partial charge in [-0.25, -0.2) is 0 Å². The molecule has 0 aliphatic heterocycles. The molecule has 5 heteroatoms. The van der Waals surface area contributed by atoms with Gasteiger partial charge in [0.05, 0.1) is 11.2 Å². The molecule has 0 saturated carbocycles. The van der Waals surface area contributed by atoms with E-state index in [9.17, 15) is 4.79 Å². The quantitative estimate of drug-likeness (QED) is 0.525. The highest BCUT2D eigenvalue weighted by molar-refractivity contribution is 6.29. The van der Waals surface area contributed by atoms with E-state index < -0.39 is 0 Å². The van der Waals surface area contributed by atoms with Gasteiger partial charge in [0, 0.05) is 22.7 Å². The highest BCUT2D eigenvalue weighted by atomic mass is 35.5. The summed E-state index contributed by atoms with van der Waals surface area (Å²) in [5.41, 5.74) is 4.11. The van der Waals surface area contributed by atoms with E-state index in [1.807, 2.05) is 61.7 Å². The minimum Gasteiger partial charge on any atom is -0.282 e. The first-order valence-corrected chi connectivity index (χ1v) is 8.22. The molecule has 2 aromatic carbocycles. The van der Waals surface area contributed by atoms with Gasteiger partial charge >= 0.3 is 0 Å². The number of hydrogen-bond donors (Lipinski definition) is 0. The van der Waals surface area contributed by atoms with Gasteiger partial charge in [-0.05, 0) is 37.3 Å². The molecule has 2 aromatic heterocycles. The molecule has 0 amide bonds. The second-order valence-corrected chi connectivity index (χ2v) is 6.23. The molecule has 0 saturated heterocycles. The summed E-state index contributed by atoms with van der Waals surface area (Å²) in [5.74, 6) is -0.0793. The Morgan fingerprint density at radius 2 is 1.72 bits per heavy atom. The molecule has 4 aromatic rings. The zero-order chi connectivity index (χ0) is 17.4. The van der Waals surface area contributed by atoms with E-state index in [4.69, 9.17) is 11.6 Å². The maximum Gasteiger partial charge on any atom is 0.262 e. The van der Waals surface area contributed by atoms with Crippen LogP contribution in [0.1, 0.15) is 15.9 Å². The number of aromatic nitrogens is 3. The molecular formula is C20H14ClN3O. The minimum absolute atomic E-state index is 0.0793. The first-order valence-electron chi connectivity index (χ1n) is 7.84. The lowest BCUT2D eigenvalue weighted by atomic mass is 10.1. The maximum atomic E-state index is 13.0. The molecule has 0 radical (unpaired) electrons. The molecule has 122 valence electrons. The van der Waals surface area contributed by atoms with E-state index in [0.717, 1.165) is 22.0 Å². The normalized spacial score (nSPS) is 11.0. The van der Waals surface area contributed by atoms with Gasteiger partial charge in [-0.3, -0.25) is 9.36 Å². The molecule has 0 atom stereocenters. The zero-order valence-electron chi connectivity index (χ0n) is 13.5. The summed E-state index contributed by atoms with van der Waals surface area (Å²) in [7, 11) is 0. The summed E-state index contributed by atoms with van der Waals surface area (Å²) in [6.07, 6.45) is 1.81. The molecule has 0 unspecified atom stereocenters. The summed E-state index contributed by atoms with van der Waals surface area (Å²) in [6.45, 7) is 2.00. The fraction of sp³-hybridized carbons (Fsp3) is 0.0500. The van der Waals surface area contributed by atoms with Gasteiger partial charge in [-0.1, -0.05) is 47.5 Å². The van der Waals surface area contributed by atoms with Crippen molar-refractivity contribution in [3.63, 3.8) is 0 Å². The van der Waals surface area contributed by atoms with E-state index in [-0.39, 0.29) is 5.91 Å². The summed E-state index contributed by atoms with van der Waals surface area (Å²) in [5, 5.41) is 9.33. The van der Waals surface area contributed by atoms with Crippen molar-refractivity contribution in [3.8, 4) is 11.3 Å². The monoisotopic (exact) mass is 347 g/mol. The van der Waals surface area contributed by atoms with Gasteiger partial charge in [0.1, 0.15) is 0 Å². The van der Waals surface area contributed by atoms with Crippen LogP contribution in [-0.4, -0.2) is 20.7 Å². The Labute approximate surface area is 149 Å². The minimum atomic E-state index is -0.0793. The number of rotatable bonds is 2. The number of carbonyl (C=O) groups is 1. The highest BCUT2D eigenvalue weighted by Gasteiger charge is 2.16. The van der Waals surface area contributed by atoms with Crippen LogP contribution in [0.4, 0.5) is 0 Å². The van der Waals surface area contributed by atoms with E-state index in [1.165, 1.54) is 0 Å². The molecule has 0 aliphatic rings. The average Bonchev–Trinajstić information content (AvgIpc) is 3.02. The van der Waals surface area contributed by atoms with Gasteiger partial charge in [0.25, 0.3) is 5.91 Å². The van der Waals surface area contributed by atoms with Crippen molar-refractivity contribution in [1.82, 2.24) is 14.8 Å².